The Bertz CT molecular complexity index is 781. The van der Waals surface area contributed by atoms with Crippen molar-refractivity contribution in [2.45, 2.75) is 13.1 Å². The van der Waals surface area contributed by atoms with Gasteiger partial charge in [0.15, 0.2) is 5.96 Å². The topological polar surface area (TPSA) is 41.4 Å². The first-order valence-corrected chi connectivity index (χ1v) is 7.88. The van der Waals surface area contributed by atoms with Crippen LogP contribution in [0.4, 0.5) is 0 Å². The number of aliphatic imine (C=N–C) groups is 1. The van der Waals surface area contributed by atoms with E-state index in [2.05, 4.69) is 75.1 Å². The Labute approximate surface area is 160 Å². The fourth-order valence-corrected chi connectivity index (χ4v) is 2.58. The third-order valence-corrected chi connectivity index (χ3v) is 3.83. The highest BCUT2D eigenvalue weighted by Crippen LogP contribution is 2.15. The van der Waals surface area contributed by atoms with Gasteiger partial charge in [-0.25, -0.2) is 0 Å². The molecular formula is C19H23IN4. The molecule has 0 radical (unpaired) electrons. The van der Waals surface area contributed by atoms with E-state index in [1.54, 1.807) is 7.05 Å². The van der Waals surface area contributed by atoms with Gasteiger partial charge in [0.25, 0.3) is 0 Å². The van der Waals surface area contributed by atoms with Crippen molar-refractivity contribution in [1.82, 2.24) is 15.2 Å². The van der Waals surface area contributed by atoms with Gasteiger partial charge >= 0.3 is 0 Å². The molecule has 2 aromatic carbocycles. The maximum absolute atomic E-state index is 4.27. The number of halogens is 1. The maximum Gasteiger partial charge on any atom is 0.191 e. The number of nitrogens with one attached hydrogen (secondary N) is 2. The monoisotopic (exact) mass is 434 g/mol. The quantitative estimate of drug-likeness (QED) is 0.366. The Morgan fingerprint density at radius 1 is 0.958 bits per heavy atom. The summed E-state index contributed by atoms with van der Waals surface area (Å²) in [6.07, 6.45) is 4.12. The Morgan fingerprint density at radius 3 is 2.46 bits per heavy atom. The second-order valence-electron chi connectivity index (χ2n) is 5.45. The SMILES string of the molecule is CN=C(NCCn1cccc1)NCc1ccc2ccccc2c1.I. The van der Waals surface area contributed by atoms with Crippen LogP contribution in [0.5, 0.6) is 0 Å². The molecular weight excluding hydrogens is 411 g/mol. The number of guanidine groups is 1. The van der Waals surface area contributed by atoms with Gasteiger partial charge in [-0.2, -0.15) is 0 Å². The van der Waals surface area contributed by atoms with Crippen molar-refractivity contribution in [2.75, 3.05) is 13.6 Å². The maximum atomic E-state index is 4.27. The minimum Gasteiger partial charge on any atom is -0.355 e. The normalized spacial score (nSPS) is 11.1. The van der Waals surface area contributed by atoms with Crippen LogP contribution in [-0.4, -0.2) is 24.1 Å². The van der Waals surface area contributed by atoms with Crippen LogP contribution in [-0.2, 0) is 13.1 Å². The van der Waals surface area contributed by atoms with E-state index in [-0.39, 0.29) is 24.0 Å². The van der Waals surface area contributed by atoms with Crippen LogP contribution in [0.15, 0.2) is 72.0 Å². The van der Waals surface area contributed by atoms with Gasteiger partial charge in [-0.1, -0.05) is 36.4 Å². The van der Waals surface area contributed by atoms with Crippen molar-refractivity contribution < 1.29 is 0 Å². The molecule has 3 rings (SSSR count). The molecule has 4 nitrogen and oxygen atoms in total. The molecule has 2 N–H and O–H groups in total. The molecule has 1 heterocycles. The zero-order valence-electron chi connectivity index (χ0n) is 13.8. The second kappa shape index (κ2) is 9.32. The number of hydrogen-bond donors (Lipinski definition) is 2. The minimum atomic E-state index is 0. The highest BCUT2D eigenvalue weighted by Gasteiger charge is 2.00. The lowest BCUT2D eigenvalue weighted by atomic mass is 10.1. The summed E-state index contributed by atoms with van der Waals surface area (Å²) in [4.78, 5) is 4.27. The van der Waals surface area contributed by atoms with E-state index in [0.29, 0.717) is 0 Å². The summed E-state index contributed by atoms with van der Waals surface area (Å²) in [7, 11) is 1.80. The fraction of sp³-hybridized carbons (Fsp3) is 0.211. The number of fused-ring (bicyclic) bond motifs is 1. The van der Waals surface area contributed by atoms with E-state index >= 15 is 0 Å². The third kappa shape index (κ3) is 4.99. The van der Waals surface area contributed by atoms with Crippen molar-refractivity contribution in [3.05, 3.63) is 72.6 Å². The average Bonchev–Trinajstić information content (AvgIpc) is 3.11. The molecule has 126 valence electrons. The zero-order valence-corrected chi connectivity index (χ0v) is 16.1. The molecule has 0 atom stereocenters. The molecule has 1 aromatic heterocycles. The number of hydrogen-bond acceptors (Lipinski definition) is 1. The Morgan fingerprint density at radius 2 is 1.71 bits per heavy atom. The van der Waals surface area contributed by atoms with Gasteiger partial charge in [-0.05, 0) is 34.5 Å². The average molecular weight is 434 g/mol. The van der Waals surface area contributed by atoms with Gasteiger partial charge in [0, 0.05) is 39.1 Å². The van der Waals surface area contributed by atoms with Gasteiger partial charge in [0.1, 0.15) is 0 Å². The first kappa shape index (κ1) is 18.3. The number of rotatable bonds is 5. The summed E-state index contributed by atoms with van der Waals surface area (Å²) >= 11 is 0. The van der Waals surface area contributed by atoms with Crippen molar-refractivity contribution in [3.63, 3.8) is 0 Å². The van der Waals surface area contributed by atoms with E-state index < -0.39 is 0 Å². The smallest absolute Gasteiger partial charge is 0.191 e. The number of benzene rings is 2. The molecule has 5 heteroatoms. The van der Waals surface area contributed by atoms with Crippen LogP contribution in [0.1, 0.15) is 5.56 Å². The van der Waals surface area contributed by atoms with E-state index in [1.165, 1.54) is 16.3 Å². The van der Waals surface area contributed by atoms with Crippen LogP contribution >= 0.6 is 24.0 Å². The van der Waals surface area contributed by atoms with Crippen LogP contribution in [0.2, 0.25) is 0 Å². The molecule has 0 spiro atoms. The van der Waals surface area contributed by atoms with Gasteiger partial charge < -0.3 is 15.2 Å². The van der Waals surface area contributed by atoms with Crippen molar-refractivity contribution in [2.24, 2.45) is 4.99 Å². The molecule has 0 fully saturated rings. The van der Waals surface area contributed by atoms with E-state index in [1.807, 2.05) is 12.1 Å². The first-order chi connectivity index (χ1) is 11.3. The third-order valence-electron chi connectivity index (χ3n) is 3.83. The molecule has 0 aliphatic rings. The molecule has 0 amide bonds. The van der Waals surface area contributed by atoms with E-state index in [0.717, 1.165) is 25.6 Å². The van der Waals surface area contributed by atoms with Crippen LogP contribution in [0.25, 0.3) is 10.8 Å². The second-order valence-corrected chi connectivity index (χ2v) is 5.45. The fourth-order valence-electron chi connectivity index (χ4n) is 2.58. The number of nitrogens with zero attached hydrogens (tertiary/aromatic N) is 2. The molecule has 24 heavy (non-hydrogen) atoms. The van der Waals surface area contributed by atoms with E-state index in [9.17, 15) is 0 Å². The summed E-state index contributed by atoms with van der Waals surface area (Å²) in [6, 6.07) is 19.0. The summed E-state index contributed by atoms with van der Waals surface area (Å²) in [5, 5.41) is 9.23. The molecule has 0 unspecified atom stereocenters. The lowest BCUT2D eigenvalue weighted by Crippen LogP contribution is -2.38. The Balaban J connectivity index is 0.00000208. The van der Waals surface area contributed by atoms with Crippen molar-refractivity contribution >= 4 is 40.7 Å². The van der Waals surface area contributed by atoms with E-state index in [4.69, 9.17) is 0 Å². The highest BCUT2D eigenvalue weighted by molar-refractivity contribution is 14.0. The van der Waals surface area contributed by atoms with Crippen LogP contribution in [0.3, 0.4) is 0 Å². The minimum absolute atomic E-state index is 0. The number of aromatic nitrogens is 1. The Kier molecular flexibility index (Phi) is 7.11. The van der Waals surface area contributed by atoms with Gasteiger partial charge in [0.05, 0.1) is 0 Å². The summed E-state index contributed by atoms with van der Waals surface area (Å²) in [5.74, 6) is 0.824. The molecule has 0 saturated heterocycles. The molecule has 0 saturated carbocycles. The van der Waals surface area contributed by atoms with Gasteiger partial charge in [0.2, 0.25) is 0 Å². The predicted molar refractivity (Wildman–Crippen MR) is 112 cm³/mol. The first-order valence-electron chi connectivity index (χ1n) is 7.88. The molecule has 0 aliphatic heterocycles. The largest absolute Gasteiger partial charge is 0.355 e. The lowest BCUT2D eigenvalue weighted by molar-refractivity contribution is 0.665. The molecule has 0 bridgehead atoms. The summed E-state index contributed by atoms with van der Waals surface area (Å²) in [5.41, 5.74) is 1.25. The summed E-state index contributed by atoms with van der Waals surface area (Å²) in [6.45, 7) is 2.52. The van der Waals surface area contributed by atoms with Crippen molar-refractivity contribution in [1.29, 1.82) is 0 Å². The molecule has 3 aromatic rings. The lowest BCUT2D eigenvalue weighted by Gasteiger charge is -2.12. The molecule has 0 aliphatic carbocycles. The van der Waals surface area contributed by atoms with Gasteiger partial charge in [-0.3, -0.25) is 4.99 Å². The highest BCUT2D eigenvalue weighted by atomic mass is 127. The standard InChI is InChI=1S/C19H22N4.HI/c1-20-19(21-10-13-23-11-4-5-12-23)22-15-16-8-9-17-6-2-3-7-18(17)14-16;/h2-9,11-12,14H,10,13,15H2,1H3,(H2,20,21,22);1H. The van der Waals surface area contributed by atoms with Gasteiger partial charge in [-0.15, -0.1) is 24.0 Å². The Hall–Kier alpha value is -2.02. The summed E-state index contributed by atoms with van der Waals surface area (Å²) < 4.78 is 2.14. The predicted octanol–water partition coefficient (Wildman–Crippen LogP) is 3.62. The van der Waals surface area contributed by atoms with Crippen LogP contribution < -0.4 is 10.6 Å². The zero-order chi connectivity index (χ0) is 15.9. The van der Waals surface area contributed by atoms with Crippen LogP contribution in [0, 0.1) is 0 Å². The van der Waals surface area contributed by atoms with Crippen molar-refractivity contribution in [3.8, 4) is 0 Å².